The molecule has 0 bridgehead atoms. The second-order valence-electron chi connectivity index (χ2n) is 10.9. The van der Waals surface area contributed by atoms with Gasteiger partial charge in [-0.25, -0.2) is 0 Å². The van der Waals surface area contributed by atoms with Crippen LogP contribution in [0.1, 0.15) is 102 Å². The minimum absolute atomic E-state index is 0.0278. The summed E-state index contributed by atoms with van der Waals surface area (Å²) in [6, 6.07) is 9.84. The zero-order valence-electron chi connectivity index (χ0n) is 25.1. The summed E-state index contributed by atoms with van der Waals surface area (Å²) in [5.74, 6) is 0.566. The molecule has 1 aliphatic heterocycles. The number of unbranched alkanes of at least 4 members (excludes halogenated alkanes) is 7. The third-order valence-electron chi connectivity index (χ3n) is 7.14. The molecule has 1 heterocycles. The Hall–Kier alpha value is -2.26. The van der Waals surface area contributed by atoms with Crippen LogP contribution in [0.3, 0.4) is 0 Å². The fourth-order valence-electron chi connectivity index (χ4n) is 4.73. The van der Waals surface area contributed by atoms with Gasteiger partial charge in [-0.2, -0.15) is 10.1 Å². The van der Waals surface area contributed by atoms with E-state index in [1.807, 2.05) is 13.0 Å². The van der Waals surface area contributed by atoms with Crippen molar-refractivity contribution in [2.24, 2.45) is 11.0 Å². The summed E-state index contributed by atoms with van der Waals surface area (Å²) in [5.41, 5.74) is 1.18. The van der Waals surface area contributed by atoms with E-state index in [4.69, 9.17) is 34.8 Å². The zero-order chi connectivity index (χ0) is 31.4. The molecule has 0 radical (unpaired) electrons. The van der Waals surface area contributed by atoms with Gasteiger partial charge in [0.1, 0.15) is 11.5 Å². The summed E-state index contributed by atoms with van der Waals surface area (Å²) in [7, 11) is 0. The Kier molecular flexibility index (Phi) is 14.7. The first-order valence-corrected chi connectivity index (χ1v) is 17.1. The van der Waals surface area contributed by atoms with Gasteiger partial charge >= 0.3 is 0 Å². The number of carbonyl (C=O) groups excluding carboxylic acids is 3. The van der Waals surface area contributed by atoms with Crippen molar-refractivity contribution >= 4 is 81.7 Å². The number of hydrogen-bond donors (Lipinski definition) is 1. The van der Waals surface area contributed by atoms with Crippen LogP contribution in [0.15, 0.2) is 41.5 Å². The maximum Gasteiger partial charge on any atom is 0.256 e. The molecule has 0 saturated heterocycles. The van der Waals surface area contributed by atoms with Crippen molar-refractivity contribution in [1.29, 1.82) is 0 Å². The van der Waals surface area contributed by atoms with Crippen molar-refractivity contribution in [3.63, 3.8) is 0 Å². The van der Waals surface area contributed by atoms with Gasteiger partial charge in [0.2, 0.25) is 5.91 Å². The van der Waals surface area contributed by atoms with Crippen LogP contribution in [0.5, 0.6) is 0 Å². The molecule has 1 unspecified atom stereocenters. The highest BCUT2D eigenvalue weighted by atomic mass is 35.5. The Morgan fingerprint density at radius 3 is 2.30 bits per heavy atom. The number of amidine groups is 1. The molecule has 3 amide bonds. The molecule has 2 aromatic carbocycles. The summed E-state index contributed by atoms with van der Waals surface area (Å²) in [6.45, 7) is 6.30. The number of halogens is 3. The summed E-state index contributed by atoms with van der Waals surface area (Å²) in [4.78, 5) is 38.7. The normalized spacial score (nSPS) is 13.7. The molecule has 3 rings (SSSR count). The first-order valence-electron chi connectivity index (χ1n) is 15.1. The van der Waals surface area contributed by atoms with Crippen LogP contribution >= 0.6 is 46.8 Å². The lowest BCUT2D eigenvalue weighted by molar-refractivity contribution is -0.117. The average molecular weight is 668 g/mol. The second-order valence-corrected chi connectivity index (χ2v) is 13.1. The van der Waals surface area contributed by atoms with Crippen LogP contribution in [-0.4, -0.2) is 29.3 Å². The number of hydrazone groups is 1. The fourth-order valence-corrected chi connectivity index (χ4v) is 6.82. The molecule has 7 nitrogen and oxygen atoms in total. The molecule has 2 aromatic rings. The van der Waals surface area contributed by atoms with E-state index in [-0.39, 0.29) is 33.9 Å². The minimum atomic E-state index is -0.444. The molecule has 43 heavy (non-hydrogen) atoms. The second kappa shape index (κ2) is 17.9. The molecule has 1 atom stereocenters. The van der Waals surface area contributed by atoms with E-state index in [0.29, 0.717) is 28.6 Å². The molecule has 0 aliphatic carbocycles. The monoisotopic (exact) mass is 666 g/mol. The van der Waals surface area contributed by atoms with Crippen molar-refractivity contribution in [1.82, 2.24) is 5.32 Å². The third-order valence-corrected chi connectivity index (χ3v) is 9.32. The van der Waals surface area contributed by atoms with Gasteiger partial charge in [0.05, 0.1) is 22.2 Å². The van der Waals surface area contributed by atoms with Crippen LogP contribution in [0, 0.1) is 5.92 Å². The molecular formula is C32H41Cl3N4O3S. The smallest absolute Gasteiger partial charge is 0.256 e. The van der Waals surface area contributed by atoms with E-state index in [0.717, 1.165) is 17.2 Å². The largest absolute Gasteiger partial charge is 0.308 e. The minimum Gasteiger partial charge on any atom is -0.308 e. The molecule has 0 fully saturated rings. The SMILES string of the molecule is CCCCCCCCCCC(C)CSN(C(=O)CC)c1cccc(C(=O)NC2=NN(c3c(Cl)cc(Cl)cc3Cl)C(=O)C2)c1. The fraction of sp³-hybridized carbons (Fsp3) is 0.500. The van der Waals surface area contributed by atoms with E-state index in [2.05, 4.69) is 24.3 Å². The third kappa shape index (κ3) is 10.7. The number of carbonyl (C=O) groups is 3. The number of benzene rings is 2. The first kappa shape index (κ1) is 35.2. The van der Waals surface area contributed by atoms with E-state index in [9.17, 15) is 14.4 Å². The summed E-state index contributed by atoms with van der Waals surface area (Å²) in [5, 5.41) is 8.68. The van der Waals surface area contributed by atoms with Crippen molar-refractivity contribution in [3.05, 3.63) is 57.0 Å². The predicted octanol–water partition coefficient (Wildman–Crippen LogP) is 9.69. The van der Waals surface area contributed by atoms with Gasteiger partial charge in [-0.05, 0) is 54.6 Å². The van der Waals surface area contributed by atoms with E-state index >= 15 is 0 Å². The van der Waals surface area contributed by atoms with Crippen LogP contribution in [-0.2, 0) is 9.59 Å². The molecular weight excluding hydrogens is 627 g/mol. The van der Waals surface area contributed by atoms with Crippen molar-refractivity contribution in [2.75, 3.05) is 15.1 Å². The van der Waals surface area contributed by atoms with Gasteiger partial charge in [-0.3, -0.25) is 18.7 Å². The molecule has 0 spiro atoms. The summed E-state index contributed by atoms with van der Waals surface area (Å²) < 4.78 is 1.68. The molecule has 234 valence electrons. The van der Waals surface area contributed by atoms with Crippen LogP contribution in [0.25, 0.3) is 0 Å². The van der Waals surface area contributed by atoms with Crippen LogP contribution in [0.2, 0.25) is 15.1 Å². The molecule has 11 heteroatoms. The topological polar surface area (TPSA) is 82.1 Å². The van der Waals surface area contributed by atoms with Gasteiger partial charge in [-0.15, -0.1) is 0 Å². The van der Waals surface area contributed by atoms with Crippen molar-refractivity contribution < 1.29 is 14.4 Å². The predicted molar refractivity (Wildman–Crippen MR) is 182 cm³/mol. The van der Waals surface area contributed by atoms with Gasteiger partial charge in [0, 0.05) is 22.8 Å². The standard InChI is InChI=1S/C32H41Cl3N4O3S/c1-4-6-7-8-9-10-11-12-14-22(3)21-43-39(29(40)5-2)25-16-13-15-23(17-25)32(42)36-28-20-30(41)38(37-28)31-26(34)18-24(33)19-27(31)35/h13,15-19,22H,4-12,14,20-21H2,1-3H3,(H,36,37,42). The summed E-state index contributed by atoms with van der Waals surface area (Å²) in [6.07, 6.45) is 11.7. The lowest BCUT2D eigenvalue weighted by atomic mass is 10.0. The Morgan fingerprint density at radius 1 is 1.00 bits per heavy atom. The van der Waals surface area contributed by atoms with E-state index in [1.165, 1.54) is 75.4 Å². The molecule has 1 N–H and O–H groups in total. The van der Waals surface area contributed by atoms with E-state index < -0.39 is 11.8 Å². The lowest BCUT2D eigenvalue weighted by Gasteiger charge is -2.23. The maximum absolute atomic E-state index is 13.2. The number of rotatable bonds is 16. The first-order chi connectivity index (χ1) is 20.6. The van der Waals surface area contributed by atoms with E-state index in [1.54, 1.807) is 22.5 Å². The Balaban J connectivity index is 1.59. The lowest BCUT2D eigenvalue weighted by Crippen LogP contribution is -2.30. The molecule has 1 aliphatic rings. The highest BCUT2D eigenvalue weighted by Gasteiger charge is 2.30. The Bertz CT molecular complexity index is 1280. The van der Waals surface area contributed by atoms with Crippen LogP contribution < -0.4 is 14.6 Å². The Morgan fingerprint density at radius 2 is 1.65 bits per heavy atom. The average Bonchev–Trinajstić information content (AvgIpc) is 3.32. The number of nitrogens with one attached hydrogen (secondary N) is 1. The van der Waals surface area contributed by atoms with Crippen molar-refractivity contribution in [2.45, 2.75) is 91.4 Å². The van der Waals surface area contributed by atoms with Crippen molar-refractivity contribution in [3.8, 4) is 0 Å². The van der Waals surface area contributed by atoms with Crippen LogP contribution in [0.4, 0.5) is 11.4 Å². The maximum atomic E-state index is 13.2. The van der Waals surface area contributed by atoms with Gasteiger partial charge in [0.25, 0.3) is 11.8 Å². The Labute approximate surface area is 274 Å². The number of anilines is 2. The number of hydrogen-bond acceptors (Lipinski definition) is 5. The highest BCUT2D eigenvalue weighted by molar-refractivity contribution is 8.01. The summed E-state index contributed by atoms with van der Waals surface area (Å²) >= 11 is 20.0. The quantitative estimate of drug-likeness (QED) is 0.143. The zero-order valence-corrected chi connectivity index (χ0v) is 28.2. The highest BCUT2D eigenvalue weighted by Crippen LogP contribution is 2.38. The number of amides is 3. The number of nitrogens with zero attached hydrogens (tertiary/aromatic N) is 3. The van der Waals surface area contributed by atoms with Gasteiger partial charge in [0.15, 0.2) is 0 Å². The van der Waals surface area contributed by atoms with Gasteiger partial charge in [-0.1, -0.05) is 113 Å². The molecule has 0 aromatic heterocycles. The van der Waals surface area contributed by atoms with Gasteiger partial charge < -0.3 is 5.32 Å². The molecule has 0 saturated carbocycles.